The lowest BCUT2D eigenvalue weighted by Gasteiger charge is -2.13. The third-order valence-corrected chi connectivity index (χ3v) is 1.79. The molecular weight excluding hydrogens is 236 g/mol. The standard InChI is InChI=1S/C9H11F2N3O3/c1-5(17-9(10)11)4-14-7-6(8(15)16)12-2-3-13-7/h2-3,5,9H,4H2,1H3,(H,13,14)(H,15,16). The monoisotopic (exact) mass is 247 g/mol. The van der Waals surface area contributed by atoms with Gasteiger partial charge in [0.15, 0.2) is 11.5 Å². The molecule has 8 heteroatoms. The number of anilines is 1. The number of carbonyl (C=O) groups is 1. The Balaban J connectivity index is 2.60. The van der Waals surface area contributed by atoms with Gasteiger partial charge >= 0.3 is 12.6 Å². The lowest BCUT2D eigenvalue weighted by Crippen LogP contribution is -2.23. The van der Waals surface area contributed by atoms with Gasteiger partial charge in [0.1, 0.15) is 0 Å². The largest absolute Gasteiger partial charge is 0.476 e. The van der Waals surface area contributed by atoms with E-state index in [1.54, 1.807) is 0 Å². The van der Waals surface area contributed by atoms with Crippen LogP contribution in [0.3, 0.4) is 0 Å². The second kappa shape index (κ2) is 6.04. The van der Waals surface area contributed by atoms with Crippen LogP contribution in [0.5, 0.6) is 0 Å². The highest BCUT2D eigenvalue weighted by Crippen LogP contribution is 2.09. The second-order valence-electron chi connectivity index (χ2n) is 3.15. The highest BCUT2D eigenvalue weighted by atomic mass is 19.3. The van der Waals surface area contributed by atoms with Gasteiger partial charge in [-0.25, -0.2) is 14.8 Å². The summed E-state index contributed by atoms with van der Waals surface area (Å²) in [6.07, 6.45) is 1.75. The van der Waals surface area contributed by atoms with Gasteiger partial charge in [0, 0.05) is 18.9 Å². The van der Waals surface area contributed by atoms with Gasteiger partial charge in [-0.05, 0) is 6.92 Å². The zero-order valence-corrected chi connectivity index (χ0v) is 8.93. The van der Waals surface area contributed by atoms with Crippen LogP contribution in [0.4, 0.5) is 14.6 Å². The molecule has 1 atom stereocenters. The Morgan fingerprint density at radius 2 is 2.18 bits per heavy atom. The van der Waals surface area contributed by atoms with E-state index in [2.05, 4.69) is 20.0 Å². The maximum atomic E-state index is 11.8. The summed E-state index contributed by atoms with van der Waals surface area (Å²) in [7, 11) is 0. The number of hydrogen-bond donors (Lipinski definition) is 2. The summed E-state index contributed by atoms with van der Waals surface area (Å²) in [5, 5.41) is 11.4. The average molecular weight is 247 g/mol. The van der Waals surface area contributed by atoms with Crippen molar-refractivity contribution in [2.24, 2.45) is 0 Å². The molecule has 0 amide bonds. The van der Waals surface area contributed by atoms with Crippen LogP contribution in [-0.4, -0.2) is 40.3 Å². The third-order valence-electron chi connectivity index (χ3n) is 1.79. The number of carboxylic acid groups (broad SMARTS) is 1. The summed E-state index contributed by atoms with van der Waals surface area (Å²) in [6.45, 7) is -1.44. The molecule has 0 aliphatic carbocycles. The highest BCUT2D eigenvalue weighted by Gasteiger charge is 2.14. The molecule has 2 N–H and O–H groups in total. The fourth-order valence-corrected chi connectivity index (χ4v) is 1.09. The van der Waals surface area contributed by atoms with Crippen LogP contribution >= 0.6 is 0 Å². The molecular formula is C9H11F2N3O3. The van der Waals surface area contributed by atoms with E-state index in [1.165, 1.54) is 19.3 Å². The van der Waals surface area contributed by atoms with Crippen molar-refractivity contribution in [1.82, 2.24) is 9.97 Å². The van der Waals surface area contributed by atoms with Crippen molar-refractivity contribution in [3.63, 3.8) is 0 Å². The smallest absolute Gasteiger partial charge is 0.358 e. The molecule has 6 nitrogen and oxygen atoms in total. The molecule has 1 aromatic heterocycles. The number of hydrogen-bond acceptors (Lipinski definition) is 5. The third kappa shape index (κ3) is 4.27. The van der Waals surface area contributed by atoms with Gasteiger partial charge in [0.2, 0.25) is 0 Å². The first-order valence-corrected chi connectivity index (χ1v) is 4.72. The summed E-state index contributed by atoms with van der Waals surface area (Å²) < 4.78 is 27.9. The van der Waals surface area contributed by atoms with E-state index in [0.717, 1.165) is 0 Å². The number of rotatable bonds is 6. The van der Waals surface area contributed by atoms with Crippen LogP contribution in [0.2, 0.25) is 0 Å². The minimum absolute atomic E-state index is 0.00329. The first kappa shape index (κ1) is 13.2. The van der Waals surface area contributed by atoms with Gasteiger partial charge in [-0.2, -0.15) is 8.78 Å². The van der Waals surface area contributed by atoms with Gasteiger partial charge in [-0.15, -0.1) is 0 Å². The topological polar surface area (TPSA) is 84.3 Å². The van der Waals surface area contributed by atoms with Crippen molar-refractivity contribution in [3.05, 3.63) is 18.1 Å². The minimum Gasteiger partial charge on any atom is -0.476 e. The van der Waals surface area contributed by atoms with Gasteiger partial charge in [0.25, 0.3) is 0 Å². The Labute approximate surface area is 95.6 Å². The Morgan fingerprint density at radius 1 is 1.53 bits per heavy atom. The molecule has 0 aliphatic heterocycles. The molecule has 0 aromatic carbocycles. The van der Waals surface area contributed by atoms with E-state index in [-0.39, 0.29) is 18.1 Å². The molecule has 1 heterocycles. The Kier molecular flexibility index (Phi) is 4.70. The minimum atomic E-state index is -2.87. The van der Waals surface area contributed by atoms with E-state index in [0.29, 0.717) is 0 Å². The van der Waals surface area contributed by atoms with Gasteiger partial charge in [-0.3, -0.25) is 0 Å². The Hall–Kier alpha value is -1.83. The fourth-order valence-electron chi connectivity index (χ4n) is 1.09. The molecule has 0 saturated carbocycles. The number of alkyl halides is 2. The molecule has 0 aliphatic rings. The fraction of sp³-hybridized carbons (Fsp3) is 0.444. The lowest BCUT2D eigenvalue weighted by atomic mass is 10.3. The molecule has 0 radical (unpaired) electrons. The van der Waals surface area contributed by atoms with Crippen molar-refractivity contribution in [3.8, 4) is 0 Å². The van der Waals surface area contributed by atoms with E-state index in [1.807, 2.05) is 0 Å². The summed E-state index contributed by atoms with van der Waals surface area (Å²) in [6, 6.07) is 0. The van der Waals surface area contributed by atoms with E-state index in [9.17, 15) is 13.6 Å². The number of nitrogens with one attached hydrogen (secondary N) is 1. The molecule has 1 rings (SSSR count). The van der Waals surface area contributed by atoms with Crippen LogP contribution in [0.1, 0.15) is 17.4 Å². The van der Waals surface area contributed by atoms with Gasteiger partial charge < -0.3 is 15.2 Å². The zero-order valence-electron chi connectivity index (χ0n) is 8.93. The molecule has 0 saturated heterocycles. The number of nitrogens with zero attached hydrogens (tertiary/aromatic N) is 2. The first-order valence-electron chi connectivity index (χ1n) is 4.72. The number of ether oxygens (including phenoxy) is 1. The van der Waals surface area contributed by atoms with Crippen LogP contribution in [0.15, 0.2) is 12.4 Å². The number of halogens is 2. The predicted molar refractivity (Wildman–Crippen MR) is 54.0 cm³/mol. The zero-order chi connectivity index (χ0) is 12.8. The lowest BCUT2D eigenvalue weighted by molar-refractivity contribution is -0.153. The first-order chi connectivity index (χ1) is 8.00. The molecule has 1 aromatic rings. The van der Waals surface area contributed by atoms with Crippen molar-refractivity contribution >= 4 is 11.8 Å². The number of aromatic carboxylic acids is 1. The van der Waals surface area contributed by atoms with Crippen molar-refractivity contribution in [2.75, 3.05) is 11.9 Å². The highest BCUT2D eigenvalue weighted by molar-refractivity contribution is 5.90. The average Bonchev–Trinajstić information content (AvgIpc) is 2.25. The van der Waals surface area contributed by atoms with Gasteiger partial charge in [0.05, 0.1) is 6.10 Å². The Bertz CT molecular complexity index is 390. The molecule has 1 unspecified atom stereocenters. The van der Waals surface area contributed by atoms with Crippen molar-refractivity contribution in [2.45, 2.75) is 19.6 Å². The molecule has 0 spiro atoms. The maximum Gasteiger partial charge on any atom is 0.358 e. The van der Waals surface area contributed by atoms with Crippen molar-refractivity contribution < 1.29 is 23.4 Å². The van der Waals surface area contributed by atoms with E-state index < -0.39 is 18.7 Å². The molecule has 17 heavy (non-hydrogen) atoms. The molecule has 94 valence electrons. The summed E-state index contributed by atoms with van der Waals surface area (Å²) in [5.74, 6) is -1.23. The predicted octanol–water partition coefficient (Wildman–Crippen LogP) is 1.21. The van der Waals surface area contributed by atoms with E-state index >= 15 is 0 Å². The van der Waals surface area contributed by atoms with Crippen LogP contribution < -0.4 is 5.32 Å². The molecule has 0 bridgehead atoms. The maximum absolute atomic E-state index is 11.8. The summed E-state index contributed by atoms with van der Waals surface area (Å²) >= 11 is 0. The van der Waals surface area contributed by atoms with Crippen molar-refractivity contribution in [1.29, 1.82) is 0 Å². The summed E-state index contributed by atoms with van der Waals surface area (Å²) in [5.41, 5.74) is -0.267. The molecule has 0 fully saturated rings. The second-order valence-corrected chi connectivity index (χ2v) is 3.15. The van der Waals surface area contributed by atoms with Gasteiger partial charge in [-0.1, -0.05) is 0 Å². The van der Waals surface area contributed by atoms with Crippen LogP contribution in [0, 0.1) is 0 Å². The van der Waals surface area contributed by atoms with Crippen LogP contribution in [-0.2, 0) is 4.74 Å². The quantitative estimate of drug-likeness (QED) is 0.786. The Morgan fingerprint density at radius 3 is 2.76 bits per heavy atom. The number of carboxylic acids is 1. The normalized spacial score (nSPS) is 12.5. The summed E-state index contributed by atoms with van der Waals surface area (Å²) in [4.78, 5) is 18.1. The SMILES string of the molecule is CC(CNc1nccnc1C(=O)O)OC(F)F. The number of aromatic nitrogens is 2. The van der Waals surface area contributed by atoms with Crippen LogP contribution in [0.25, 0.3) is 0 Å². The van der Waals surface area contributed by atoms with E-state index in [4.69, 9.17) is 5.11 Å².